The Balaban J connectivity index is 2.40. The summed E-state index contributed by atoms with van der Waals surface area (Å²) in [5.74, 6) is -0.882. The van der Waals surface area contributed by atoms with Gasteiger partial charge in [0, 0.05) is 11.3 Å². The topological polar surface area (TPSA) is 111 Å². The van der Waals surface area contributed by atoms with Gasteiger partial charge in [-0.2, -0.15) is 5.10 Å². The summed E-state index contributed by atoms with van der Waals surface area (Å²) in [6.07, 6.45) is 0. The Morgan fingerprint density at radius 2 is 1.81 bits per heavy atom. The molecule has 7 nitrogen and oxygen atoms in total. The van der Waals surface area contributed by atoms with E-state index in [1.165, 1.54) is 13.0 Å². The van der Waals surface area contributed by atoms with Crippen LogP contribution in [0.2, 0.25) is 0 Å². The van der Waals surface area contributed by atoms with Crippen molar-refractivity contribution in [3.8, 4) is 0 Å². The first-order valence-corrected chi connectivity index (χ1v) is 7.45. The molecule has 2 aromatic rings. The molecule has 0 fully saturated rings. The monoisotopic (exact) mass is 311 g/mol. The third-order valence-corrected chi connectivity index (χ3v) is 4.29. The molecule has 0 aliphatic carbocycles. The van der Waals surface area contributed by atoms with Gasteiger partial charge in [0.05, 0.1) is 16.3 Å². The van der Waals surface area contributed by atoms with E-state index in [9.17, 15) is 12.8 Å². The molecule has 0 radical (unpaired) electrons. The Labute approximate surface area is 121 Å². The van der Waals surface area contributed by atoms with Gasteiger partial charge in [-0.05, 0) is 32.9 Å². The molecule has 3 N–H and O–H groups in total. The van der Waals surface area contributed by atoms with Crippen LogP contribution in [0, 0.1) is 26.6 Å². The Kier molecular flexibility index (Phi) is 3.77. The molecule has 0 saturated heterocycles. The van der Waals surface area contributed by atoms with Crippen LogP contribution in [0.15, 0.2) is 17.0 Å². The number of halogens is 1. The number of hydrogen-bond donors (Lipinski definition) is 2. The van der Waals surface area contributed by atoms with Crippen LogP contribution in [0.3, 0.4) is 0 Å². The highest BCUT2D eigenvalue weighted by molar-refractivity contribution is 7.92. The molecule has 0 aliphatic heterocycles. The second kappa shape index (κ2) is 5.24. The molecule has 9 heteroatoms. The molecule has 0 amide bonds. The van der Waals surface area contributed by atoms with Crippen molar-refractivity contribution in [1.29, 1.82) is 0 Å². The lowest BCUT2D eigenvalue weighted by Gasteiger charge is -2.09. The molecule has 2 rings (SSSR count). The number of benzene rings is 1. The standard InChI is InChI=1S/C12H14FN5O2S/c1-6-10(13)4-9(5-11(6)14)21(19,20)18-12-15-7(2)8(3)16-17-12/h4-5H,14H2,1-3H3,(H,15,17,18). The first-order chi connectivity index (χ1) is 9.70. The molecular formula is C12H14FN5O2S. The summed E-state index contributed by atoms with van der Waals surface area (Å²) < 4.78 is 40.1. The average Bonchev–Trinajstić information content (AvgIpc) is 2.39. The van der Waals surface area contributed by atoms with Gasteiger partial charge in [-0.25, -0.2) is 22.5 Å². The van der Waals surface area contributed by atoms with Gasteiger partial charge in [-0.1, -0.05) is 0 Å². The van der Waals surface area contributed by atoms with E-state index in [4.69, 9.17) is 5.73 Å². The first kappa shape index (κ1) is 15.1. The van der Waals surface area contributed by atoms with Crippen molar-refractivity contribution in [1.82, 2.24) is 15.2 Å². The van der Waals surface area contributed by atoms with Crippen molar-refractivity contribution >= 4 is 21.7 Å². The van der Waals surface area contributed by atoms with Gasteiger partial charge in [-0.3, -0.25) is 0 Å². The summed E-state index contributed by atoms with van der Waals surface area (Å²) >= 11 is 0. The van der Waals surface area contributed by atoms with Gasteiger partial charge in [0.2, 0.25) is 0 Å². The minimum absolute atomic E-state index is 0.0505. The predicted octanol–water partition coefficient (Wildman–Crippen LogP) is 1.32. The van der Waals surface area contributed by atoms with Crippen molar-refractivity contribution in [2.45, 2.75) is 25.7 Å². The van der Waals surface area contributed by atoms with E-state index in [-0.39, 0.29) is 22.1 Å². The number of hydrogen-bond acceptors (Lipinski definition) is 6. The van der Waals surface area contributed by atoms with E-state index in [1.807, 2.05) is 0 Å². The number of nitrogen functional groups attached to an aromatic ring is 1. The predicted molar refractivity (Wildman–Crippen MR) is 75.7 cm³/mol. The Hall–Kier alpha value is -2.29. The molecule has 1 heterocycles. The molecule has 0 bridgehead atoms. The van der Waals surface area contributed by atoms with Crippen molar-refractivity contribution in [3.05, 3.63) is 34.9 Å². The van der Waals surface area contributed by atoms with E-state index in [0.29, 0.717) is 11.4 Å². The highest BCUT2D eigenvalue weighted by atomic mass is 32.2. The zero-order valence-electron chi connectivity index (χ0n) is 11.7. The van der Waals surface area contributed by atoms with Gasteiger partial charge < -0.3 is 5.73 Å². The van der Waals surface area contributed by atoms with Gasteiger partial charge >= 0.3 is 0 Å². The summed E-state index contributed by atoms with van der Waals surface area (Å²) in [7, 11) is -4.04. The van der Waals surface area contributed by atoms with Crippen LogP contribution in [0.1, 0.15) is 17.0 Å². The summed E-state index contributed by atoms with van der Waals surface area (Å²) in [5.41, 5.74) is 6.95. The number of sulfonamides is 1. The first-order valence-electron chi connectivity index (χ1n) is 5.97. The van der Waals surface area contributed by atoms with Crippen LogP contribution < -0.4 is 10.5 Å². The van der Waals surface area contributed by atoms with Gasteiger partial charge in [0.1, 0.15) is 5.82 Å². The number of nitrogens with one attached hydrogen (secondary N) is 1. The fourth-order valence-electron chi connectivity index (χ4n) is 1.51. The zero-order chi connectivity index (χ0) is 15.8. The minimum atomic E-state index is -4.04. The van der Waals surface area contributed by atoms with Crippen molar-refractivity contribution < 1.29 is 12.8 Å². The third-order valence-electron chi connectivity index (χ3n) is 2.99. The molecule has 0 spiro atoms. The van der Waals surface area contributed by atoms with Gasteiger partial charge in [0.25, 0.3) is 16.0 Å². The van der Waals surface area contributed by atoms with Crippen molar-refractivity contribution in [2.24, 2.45) is 0 Å². The Bertz CT molecular complexity index is 784. The summed E-state index contributed by atoms with van der Waals surface area (Å²) in [5, 5.41) is 7.40. The van der Waals surface area contributed by atoms with E-state index in [1.54, 1.807) is 13.8 Å². The molecule has 1 aromatic carbocycles. The molecule has 0 atom stereocenters. The zero-order valence-corrected chi connectivity index (χ0v) is 12.5. The van der Waals surface area contributed by atoms with E-state index in [0.717, 1.165) is 6.07 Å². The second-order valence-electron chi connectivity index (χ2n) is 4.53. The van der Waals surface area contributed by atoms with Crippen LogP contribution >= 0.6 is 0 Å². The second-order valence-corrected chi connectivity index (χ2v) is 6.21. The maximum atomic E-state index is 13.6. The molecule has 0 unspecified atom stereocenters. The van der Waals surface area contributed by atoms with Crippen LogP contribution in [0.5, 0.6) is 0 Å². The quantitative estimate of drug-likeness (QED) is 0.827. The summed E-state index contributed by atoms with van der Waals surface area (Å²) in [6, 6.07) is 2.07. The average molecular weight is 311 g/mol. The number of nitrogens with zero attached hydrogens (tertiary/aromatic N) is 3. The Morgan fingerprint density at radius 3 is 2.38 bits per heavy atom. The highest BCUT2D eigenvalue weighted by Crippen LogP contribution is 2.22. The largest absolute Gasteiger partial charge is 0.398 e. The van der Waals surface area contributed by atoms with Gasteiger partial charge in [0.15, 0.2) is 0 Å². The maximum absolute atomic E-state index is 13.6. The normalized spacial score (nSPS) is 11.4. The lowest BCUT2D eigenvalue weighted by atomic mass is 10.2. The third kappa shape index (κ3) is 3.07. The summed E-state index contributed by atoms with van der Waals surface area (Å²) in [4.78, 5) is 3.66. The fraction of sp³-hybridized carbons (Fsp3) is 0.250. The molecule has 112 valence electrons. The van der Waals surface area contributed by atoms with Crippen molar-refractivity contribution in [3.63, 3.8) is 0 Å². The van der Waals surface area contributed by atoms with E-state index in [2.05, 4.69) is 19.9 Å². The number of nitrogens with two attached hydrogens (primary N) is 1. The van der Waals surface area contributed by atoms with Crippen LogP contribution in [-0.4, -0.2) is 23.6 Å². The van der Waals surface area contributed by atoms with E-state index < -0.39 is 15.8 Å². The van der Waals surface area contributed by atoms with E-state index >= 15 is 0 Å². The van der Waals surface area contributed by atoms with Crippen LogP contribution in [-0.2, 0) is 10.0 Å². The lowest BCUT2D eigenvalue weighted by molar-refractivity contribution is 0.593. The number of aryl methyl sites for hydroxylation is 2. The van der Waals surface area contributed by atoms with Crippen LogP contribution in [0.25, 0.3) is 0 Å². The lowest BCUT2D eigenvalue weighted by Crippen LogP contribution is -2.17. The highest BCUT2D eigenvalue weighted by Gasteiger charge is 2.19. The number of aromatic nitrogens is 3. The van der Waals surface area contributed by atoms with Gasteiger partial charge in [-0.15, -0.1) is 5.10 Å². The van der Waals surface area contributed by atoms with Crippen molar-refractivity contribution in [2.75, 3.05) is 10.5 Å². The molecule has 0 saturated carbocycles. The summed E-state index contributed by atoms with van der Waals surface area (Å²) in [6.45, 7) is 4.83. The maximum Gasteiger partial charge on any atom is 0.264 e. The minimum Gasteiger partial charge on any atom is -0.398 e. The fourth-order valence-corrected chi connectivity index (χ4v) is 2.49. The molecule has 21 heavy (non-hydrogen) atoms. The molecule has 0 aliphatic rings. The molecular weight excluding hydrogens is 297 g/mol. The number of anilines is 2. The van der Waals surface area contributed by atoms with Crippen LogP contribution in [0.4, 0.5) is 16.0 Å². The smallest absolute Gasteiger partial charge is 0.264 e. The molecule has 1 aromatic heterocycles. The Morgan fingerprint density at radius 1 is 1.14 bits per heavy atom. The SMILES string of the molecule is Cc1nnc(NS(=O)(=O)c2cc(N)c(C)c(F)c2)nc1C. The number of rotatable bonds is 3.